The van der Waals surface area contributed by atoms with Crippen LogP contribution in [0.25, 0.3) is 11.0 Å². The lowest BCUT2D eigenvalue weighted by Crippen LogP contribution is -2.45. The Morgan fingerprint density at radius 3 is 2.95 bits per heavy atom. The van der Waals surface area contributed by atoms with Gasteiger partial charge in [0.15, 0.2) is 0 Å². The Morgan fingerprint density at radius 1 is 1.33 bits per heavy atom. The van der Waals surface area contributed by atoms with Gasteiger partial charge in [-0.05, 0) is 25.0 Å². The molecule has 2 aromatic rings. The summed E-state index contributed by atoms with van der Waals surface area (Å²) in [5, 5.41) is 8.04. The lowest BCUT2D eigenvalue weighted by atomic mass is 9.97. The van der Waals surface area contributed by atoms with Crippen LogP contribution in [0.5, 0.6) is 0 Å². The first-order valence-corrected chi connectivity index (χ1v) is 7.00. The van der Waals surface area contributed by atoms with Crippen LogP contribution in [0.4, 0.5) is 0 Å². The summed E-state index contributed by atoms with van der Waals surface area (Å²) in [6.07, 6.45) is 1.56. The first-order valence-electron chi connectivity index (χ1n) is 7.00. The van der Waals surface area contributed by atoms with Crippen LogP contribution in [-0.2, 0) is 16.1 Å². The van der Waals surface area contributed by atoms with Crippen molar-refractivity contribution in [3.8, 4) is 0 Å². The van der Waals surface area contributed by atoms with Crippen LogP contribution in [0.3, 0.4) is 0 Å². The zero-order chi connectivity index (χ0) is 14.8. The highest BCUT2D eigenvalue weighted by molar-refractivity contribution is 5.81. The molecule has 7 heteroatoms. The number of carbonyl (C=O) groups is 2. The van der Waals surface area contributed by atoms with Crippen LogP contribution in [0.15, 0.2) is 24.3 Å². The normalized spacial score (nSPS) is 18.9. The van der Waals surface area contributed by atoms with E-state index in [-0.39, 0.29) is 24.3 Å². The van der Waals surface area contributed by atoms with E-state index in [9.17, 15) is 9.59 Å². The number of hydrogen-bond acceptors (Lipinski definition) is 4. The van der Waals surface area contributed by atoms with Crippen molar-refractivity contribution in [1.82, 2.24) is 19.9 Å². The standard InChI is InChI=1S/C14H17N5O2/c15-14(21)10-4-3-7-18(8-10)13(20)9-19-12-6-2-1-5-11(12)16-17-19/h1-2,5-6,10H,3-4,7-9H2,(H2,15,21). The fourth-order valence-corrected chi connectivity index (χ4v) is 2.70. The number of likely N-dealkylation sites (tertiary alicyclic amines) is 1. The van der Waals surface area contributed by atoms with Gasteiger partial charge in [0, 0.05) is 13.1 Å². The van der Waals surface area contributed by atoms with Gasteiger partial charge in [-0.1, -0.05) is 17.3 Å². The van der Waals surface area contributed by atoms with Gasteiger partial charge in [-0.3, -0.25) is 9.59 Å². The molecule has 110 valence electrons. The Bertz CT molecular complexity index is 681. The molecule has 0 radical (unpaired) electrons. The summed E-state index contributed by atoms with van der Waals surface area (Å²) in [5.41, 5.74) is 6.93. The lowest BCUT2D eigenvalue weighted by molar-refractivity contribution is -0.135. The number of amides is 2. The molecule has 2 heterocycles. The van der Waals surface area contributed by atoms with Crippen molar-refractivity contribution >= 4 is 22.8 Å². The molecule has 3 rings (SSSR count). The van der Waals surface area contributed by atoms with Gasteiger partial charge in [0.05, 0.1) is 11.4 Å². The molecule has 1 aliphatic heterocycles. The van der Waals surface area contributed by atoms with Crippen molar-refractivity contribution < 1.29 is 9.59 Å². The summed E-state index contributed by atoms with van der Waals surface area (Å²) in [6, 6.07) is 7.50. The summed E-state index contributed by atoms with van der Waals surface area (Å²) < 4.78 is 1.59. The van der Waals surface area contributed by atoms with Crippen molar-refractivity contribution in [2.45, 2.75) is 19.4 Å². The average molecular weight is 287 g/mol. The lowest BCUT2D eigenvalue weighted by Gasteiger charge is -2.31. The van der Waals surface area contributed by atoms with Gasteiger partial charge in [0.1, 0.15) is 12.1 Å². The summed E-state index contributed by atoms with van der Waals surface area (Å²) in [4.78, 5) is 25.3. The van der Waals surface area contributed by atoms with E-state index in [0.717, 1.165) is 23.9 Å². The number of aromatic nitrogens is 3. The number of fused-ring (bicyclic) bond motifs is 1. The number of hydrogen-bond donors (Lipinski definition) is 1. The second-order valence-electron chi connectivity index (χ2n) is 5.32. The number of piperidine rings is 1. The number of para-hydroxylation sites is 1. The summed E-state index contributed by atoms with van der Waals surface area (Å²) >= 11 is 0. The predicted molar refractivity (Wildman–Crippen MR) is 76.0 cm³/mol. The van der Waals surface area contributed by atoms with Gasteiger partial charge < -0.3 is 10.6 Å². The third-order valence-corrected chi connectivity index (χ3v) is 3.88. The van der Waals surface area contributed by atoms with E-state index in [2.05, 4.69) is 10.3 Å². The number of nitrogens with zero attached hydrogens (tertiary/aromatic N) is 4. The third kappa shape index (κ3) is 2.72. The summed E-state index contributed by atoms with van der Waals surface area (Å²) in [5.74, 6) is -0.634. The molecule has 2 N–H and O–H groups in total. The molecule has 0 bridgehead atoms. The van der Waals surface area contributed by atoms with Crippen LogP contribution in [0.1, 0.15) is 12.8 Å². The van der Waals surface area contributed by atoms with E-state index in [1.165, 1.54) is 0 Å². The van der Waals surface area contributed by atoms with Crippen molar-refractivity contribution in [3.05, 3.63) is 24.3 Å². The minimum Gasteiger partial charge on any atom is -0.369 e. The van der Waals surface area contributed by atoms with E-state index >= 15 is 0 Å². The monoisotopic (exact) mass is 287 g/mol. The van der Waals surface area contributed by atoms with Gasteiger partial charge in [-0.2, -0.15) is 0 Å². The van der Waals surface area contributed by atoms with Crippen molar-refractivity contribution in [2.75, 3.05) is 13.1 Å². The second-order valence-corrected chi connectivity index (χ2v) is 5.32. The zero-order valence-corrected chi connectivity index (χ0v) is 11.6. The van der Waals surface area contributed by atoms with Gasteiger partial charge in [0.2, 0.25) is 11.8 Å². The Balaban J connectivity index is 1.72. The van der Waals surface area contributed by atoms with Crippen LogP contribution in [-0.4, -0.2) is 44.8 Å². The second kappa shape index (κ2) is 5.51. The highest BCUT2D eigenvalue weighted by atomic mass is 16.2. The Kier molecular flexibility index (Phi) is 3.55. The molecular formula is C14H17N5O2. The molecule has 2 amide bonds. The molecule has 0 spiro atoms. The van der Waals surface area contributed by atoms with E-state index in [1.54, 1.807) is 9.58 Å². The largest absolute Gasteiger partial charge is 0.369 e. The first kappa shape index (κ1) is 13.5. The van der Waals surface area contributed by atoms with Crippen molar-refractivity contribution in [2.24, 2.45) is 11.7 Å². The molecule has 1 atom stereocenters. The summed E-state index contributed by atoms with van der Waals surface area (Å²) in [7, 11) is 0. The minimum atomic E-state index is -0.335. The van der Waals surface area contributed by atoms with Crippen LogP contribution >= 0.6 is 0 Å². The Labute approximate surface area is 121 Å². The molecule has 7 nitrogen and oxygen atoms in total. The molecule has 21 heavy (non-hydrogen) atoms. The molecule has 1 unspecified atom stereocenters. The van der Waals surface area contributed by atoms with Gasteiger partial charge >= 0.3 is 0 Å². The van der Waals surface area contributed by atoms with Crippen molar-refractivity contribution in [1.29, 1.82) is 0 Å². The topological polar surface area (TPSA) is 94.1 Å². The highest BCUT2D eigenvalue weighted by Crippen LogP contribution is 2.17. The fraction of sp³-hybridized carbons (Fsp3) is 0.429. The number of carbonyl (C=O) groups excluding carboxylic acids is 2. The molecule has 1 fully saturated rings. The quantitative estimate of drug-likeness (QED) is 0.869. The molecule has 1 aliphatic rings. The fourth-order valence-electron chi connectivity index (χ4n) is 2.70. The smallest absolute Gasteiger partial charge is 0.244 e. The van der Waals surface area contributed by atoms with E-state index < -0.39 is 0 Å². The molecular weight excluding hydrogens is 270 g/mol. The minimum absolute atomic E-state index is 0.0587. The molecule has 0 aliphatic carbocycles. The van der Waals surface area contributed by atoms with Crippen LogP contribution in [0, 0.1) is 5.92 Å². The van der Waals surface area contributed by atoms with E-state index in [1.807, 2.05) is 24.3 Å². The maximum atomic E-state index is 12.4. The highest BCUT2D eigenvalue weighted by Gasteiger charge is 2.27. The predicted octanol–water partition coefficient (Wildman–Crippen LogP) is 0.155. The Morgan fingerprint density at radius 2 is 2.14 bits per heavy atom. The maximum Gasteiger partial charge on any atom is 0.244 e. The van der Waals surface area contributed by atoms with Crippen LogP contribution in [0.2, 0.25) is 0 Å². The third-order valence-electron chi connectivity index (χ3n) is 3.88. The molecule has 1 aromatic heterocycles. The number of primary amides is 1. The summed E-state index contributed by atoms with van der Waals surface area (Å²) in [6.45, 7) is 1.20. The molecule has 1 aromatic carbocycles. The van der Waals surface area contributed by atoms with Crippen LogP contribution < -0.4 is 5.73 Å². The SMILES string of the molecule is NC(=O)C1CCCN(C(=O)Cn2nnc3ccccc32)C1. The van der Waals surface area contributed by atoms with Gasteiger partial charge in [-0.25, -0.2) is 4.68 Å². The first-order chi connectivity index (χ1) is 10.1. The maximum absolute atomic E-state index is 12.4. The number of nitrogens with two attached hydrogens (primary N) is 1. The molecule has 0 saturated carbocycles. The Hall–Kier alpha value is -2.44. The molecule has 1 saturated heterocycles. The van der Waals surface area contributed by atoms with E-state index in [4.69, 9.17) is 5.73 Å². The van der Waals surface area contributed by atoms with Gasteiger partial charge in [0.25, 0.3) is 0 Å². The van der Waals surface area contributed by atoms with E-state index in [0.29, 0.717) is 13.1 Å². The number of rotatable bonds is 3. The number of benzene rings is 1. The zero-order valence-electron chi connectivity index (χ0n) is 11.6. The van der Waals surface area contributed by atoms with Gasteiger partial charge in [-0.15, -0.1) is 5.10 Å². The van der Waals surface area contributed by atoms with Crippen molar-refractivity contribution in [3.63, 3.8) is 0 Å². The average Bonchev–Trinajstić information content (AvgIpc) is 2.91.